The summed E-state index contributed by atoms with van der Waals surface area (Å²) in [4.78, 5) is 24.5. The second kappa shape index (κ2) is 10.3. The van der Waals surface area contributed by atoms with E-state index in [0.29, 0.717) is 22.7 Å². The summed E-state index contributed by atoms with van der Waals surface area (Å²) >= 11 is 4.32. The number of para-hydroxylation sites is 2. The Kier molecular flexibility index (Phi) is 7.50. The molecular weight excluding hydrogens is 428 g/mol. The van der Waals surface area contributed by atoms with Gasteiger partial charge in [-0.1, -0.05) is 47.0 Å². The number of rotatable bonds is 8. The molecule has 0 radical (unpaired) electrons. The number of hydrogen-bond acceptors (Lipinski definition) is 8. The second-order valence-electron chi connectivity index (χ2n) is 5.61. The summed E-state index contributed by atoms with van der Waals surface area (Å²) in [6.45, 7) is 0. The summed E-state index contributed by atoms with van der Waals surface area (Å²) < 4.78 is 6.86. The lowest BCUT2D eigenvalue weighted by atomic mass is 10.2. The fourth-order valence-corrected chi connectivity index (χ4v) is 4.55. The van der Waals surface area contributed by atoms with Crippen LogP contribution in [0.25, 0.3) is 0 Å². The van der Waals surface area contributed by atoms with Crippen LogP contribution in [0.5, 0.6) is 5.75 Å². The number of aromatic nitrogens is 2. The molecule has 0 aliphatic rings. The van der Waals surface area contributed by atoms with E-state index in [1.54, 1.807) is 43.5 Å². The first-order chi connectivity index (χ1) is 14.1. The average Bonchev–Trinajstić information content (AvgIpc) is 3.21. The molecule has 2 aromatic carbocycles. The van der Waals surface area contributed by atoms with Crippen LogP contribution in [0.4, 0.5) is 11.4 Å². The number of nitrogens with zero attached hydrogens (tertiary/aromatic N) is 2. The first-order valence-electron chi connectivity index (χ1n) is 8.43. The number of methoxy groups -OCH3 is 1. The molecule has 2 amide bonds. The Balaban J connectivity index is 1.53. The van der Waals surface area contributed by atoms with E-state index in [0.717, 1.165) is 8.68 Å². The Morgan fingerprint density at radius 1 is 1.03 bits per heavy atom. The Morgan fingerprint density at radius 3 is 2.45 bits per heavy atom. The third-order valence-electron chi connectivity index (χ3n) is 3.68. The third-order valence-corrected chi connectivity index (χ3v) is 6.71. The highest BCUT2D eigenvalue weighted by molar-refractivity contribution is 8.03. The minimum absolute atomic E-state index is 0.151. The van der Waals surface area contributed by atoms with Crippen molar-refractivity contribution in [3.8, 4) is 5.75 Å². The molecule has 0 aliphatic heterocycles. The summed E-state index contributed by atoms with van der Waals surface area (Å²) in [6.07, 6.45) is 1.93. The van der Waals surface area contributed by atoms with Gasteiger partial charge in [-0.2, -0.15) is 0 Å². The number of carbonyl (C=O) groups excluding carboxylic acids is 2. The van der Waals surface area contributed by atoms with Gasteiger partial charge in [0, 0.05) is 11.3 Å². The van der Waals surface area contributed by atoms with Gasteiger partial charge in [-0.25, -0.2) is 0 Å². The normalized spacial score (nSPS) is 10.4. The second-order valence-corrected chi connectivity index (χ2v) is 8.86. The van der Waals surface area contributed by atoms with Gasteiger partial charge < -0.3 is 15.4 Å². The van der Waals surface area contributed by atoms with Crippen LogP contribution in [-0.4, -0.2) is 41.1 Å². The summed E-state index contributed by atoms with van der Waals surface area (Å²) in [6, 6.07) is 13.9. The maximum atomic E-state index is 12.4. The Morgan fingerprint density at radius 2 is 1.76 bits per heavy atom. The van der Waals surface area contributed by atoms with E-state index >= 15 is 0 Å². The Hall–Kier alpha value is -2.56. The highest BCUT2D eigenvalue weighted by Crippen LogP contribution is 2.27. The van der Waals surface area contributed by atoms with E-state index in [2.05, 4.69) is 20.8 Å². The maximum absolute atomic E-state index is 12.4. The first kappa shape index (κ1) is 21.2. The third kappa shape index (κ3) is 5.96. The number of benzene rings is 2. The monoisotopic (exact) mass is 446 g/mol. The van der Waals surface area contributed by atoms with Gasteiger partial charge in [0.05, 0.1) is 18.6 Å². The minimum Gasteiger partial charge on any atom is -0.495 e. The molecule has 1 heterocycles. The molecule has 3 rings (SSSR count). The molecule has 29 heavy (non-hydrogen) atoms. The van der Waals surface area contributed by atoms with E-state index in [-0.39, 0.29) is 17.6 Å². The smallest absolute Gasteiger partial charge is 0.255 e. The van der Waals surface area contributed by atoms with Crippen LogP contribution in [0.3, 0.4) is 0 Å². The van der Waals surface area contributed by atoms with E-state index in [1.807, 2.05) is 18.4 Å². The van der Waals surface area contributed by atoms with Crippen molar-refractivity contribution in [2.24, 2.45) is 0 Å². The highest BCUT2D eigenvalue weighted by Gasteiger charge is 2.11. The standard InChI is InChI=1S/C19H18N4O3S3/c1-26-15-6-4-3-5-14(15)21-17(25)12-7-9-13(10-8-12)20-16(24)11-28-19-23-22-18(27-2)29-19/h3-10H,11H2,1-2H3,(H,20,24)(H,21,25). The van der Waals surface area contributed by atoms with E-state index in [4.69, 9.17) is 4.74 Å². The van der Waals surface area contributed by atoms with Crippen LogP contribution < -0.4 is 15.4 Å². The molecule has 1 aromatic heterocycles. The van der Waals surface area contributed by atoms with Crippen LogP contribution in [-0.2, 0) is 4.79 Å². The van der Waals surface area contributed by atoms with Gasteiger partial charge in [-0.15, -0.1) is 10.2 Å². The average molecular weight is 447 g/mol. The highest BCUT2D eigenvalue weighted by atomic mass is 32.2. The molecule has 0 aliphatic carbocycles. The number of hydrogen-bond donors (Lipinski definition) is 2. The van der Waals surface area contributed by atoms with Crippen molar-refractivity contribution in [1.29, 1.82) is 0 Å². The van der Waals surface area contributed by atoms with Crippen molar-refractivity contribution >= 4 is 58.0 Å². The molecule has 150 valence electrons. The van der Waals surface area contributed by atoms with Crippen LogP contribution in [0.1, 0.15) is 10.4 Å². The molecule has 3 aromatic rings. The van der Waals surface area contributed by atoms with E-state index < -0.39 is 0 Å². The van der Waals surface area contributed by atoms with Crippen LogP contribution in [0.2, 0.25) is 0 Å². The Labute approximate surface area is 180 Å². The fourth-order valence-electron chi connectivity index (χ4n) is 2.31. The first-order valence-corrected chi connectivity index (χ1v) is 11.5. The number of thioether (sulfide) groups is 2. The molecule has 0 fully saturated rings. The molecule has 0 atom stereocenters. The molecular formula is C19H18N4O3S3. The van der Waals surface area contributed by atoms with Gasteiger partial charge >= 0.3 is 0 Å². The van der Waals surface area contributed by atoms with Crippen molar-refractivity contribution in [3.05, 3.63) is 54.1 Å². The SMILES string of the molecule is COc1ccccc1NC(=O)c1ccc(NC(=O)CSc2nnc(SC)s2)cc1. The van der Waals surface area contributed by atoms with Crippen molar-refractivity contribution in [3.63, 3.8) is 0 Å². The van der Waals surface area contributed by atoms with Crippen molar-refractivity contribution < 1.29 is 14.3 Å². The molecule has 2 N–H and O–H groups in total. The van der Waals surface area contributed by atoms with Crippen molar-refractivity contribution in [1.82, 2.24) is 10.2 Å². The number of ether oxygens (including phenoxy) is 1. The number of nitrogens with one attached hydrogen (secondary N) is 2. The number of carbonyl (C=O) groups is 2. The van der Waals surface area contributed by atoms with Crippen LogP contribution in [0, 0.1) is 0 Å². The van der Waals surface area contributed by atoms with Crippen LogP contribution in [0.15, 0.2) is 57.2 Å². The lowest BCUT2D eigenvalue weighted by Crippen LogP contribution is -2.15. The van der Waals surface area contributed by atoms with E-state index in [9.17, 15) is 9.59 Å². The Bertz CT molecular complexity index is 992. The lowest BCUT2D eigenvalue weighted by molar-refractivity contribution is -0.113. The van der Waals surface area contributed by atoms with Crippen molar-refractivity contribution in [2.75, 3.05) is 29.8 Å². The lowest BCUT2D eigenvalue weighted by Gasteiger charge is -2.10. The van der Waals surface area contributed by atoms with Gasteiger partial charge in [0.2, 0.25) is 5.91 Å². The molecule has 0 unspecified atom stereocenters. The van der Waals surface area contributed by atoms with Crippen LogP contribution >= 0.6 is 34.9 Å². The minimum atomic E-state index is -0.260. The van der Waals surface area contributed by atoms with Gasteiger partial charge in [0.15, 0.2) is 8.68 Å². The topological polar surface area (TPSA) is 93.2 Å². The van der Waals surface area contributed by atoms with E-state index in [1.165, 1.54) is 34.9 Å². The summed E-state index contributed by atoms with van der Waals surface area (Å²) in [5, 5.41) is 13.6. The summed E-state index contributed by atoms with van der Waals surface area (Å²) in [5.74, 6) is 0.409. The predicted octanol–water partition coefficient (Wildman–Crippen LogP) is 4.25. The number of anilines is 2. The molecule has 7 nitrogen and oxygen atoms in total. The van der Waals surface area contributed by atoms with Gasteiger partial charge in [0.25, 0.3) is 5.91 Å². The quantitative estimate of drug-likeness (QED) is 0.500. The predicted molar refractivity (Wildman–Crippen MR) is 118 cm³/mol. The summed E-state index contributed by atoms with van der Waals surface area (Å²) in [7, 11) is 1.55. The molecule has 0 spiro atoms. The number of amides is 2. The van der Waals surface area contributed by atoms with Gasteiger partial charge in [0.1, 0.15) is 5.75 Å². The molecule has 0 saturated carbocycles. The maximum Gasteiger partial charge on any atom is 0.255 e. The van der Waals surface area contributed by atoms with Crippen molar-refractivity contribution in [2.45, 2.75) is 8.68 Å². The van der Waals surface area contributed by atoms with Gasteiger partial charge in [-0.3, -0.25) is 9.59 Å². The molecule has 0 saturated heterocycles. The zero-order valence-corrected chi connectivity index (χ0v) is 18.1. The van der Waals surface area contributed by atoms with Gasteiger partial charge in [-0.05, 0) is 42.7 Å². The largest absolute Gasteiger partial charge is 0.495 e. The fraction of sp³-hybridized carbons (Fsp3) is 0.158. The zero-order chi connectivity index (χ0) is 20.6. The molecule has 10 heteroatoms. The summed E-state index contributed by atoms with van der Waals surface area (Å²) in [5.41, 5.74) is 1.68. The zero-order valence-electron chi connectivity index (χ0n) is 15.7. The molecule has 0 bridgehead atoms.